The molecule has 0 aliphatic heterocycles. The highest BCUT2D eigenvalue weighted by atomic mass is 16.5. The monoisotopic (exact) mass is 170 g/mol. The average Bonchev–Trinajstić information content (AvgIpc) is 2.36. The Bertz CT molecular complexity index is 233. The fraction of sp³-hybridized carbons (Fsp3) is 0.714. The van der Waals surface area contributed by atoms with Crippen LogP contribution in [0.4, 0.5) is 0 Å². The number of rotatable bonds is 4. The Morgan fingerprint density at radius 1 is 1.50 bits per heavy atom. The van der Waals surface area contributed by atoms with Gasteiger partial charge in [-0.15, -0.1) is 0 Å². The van der Waals surface area contributed by atoms with Gasteiger partial charge < -0.3 is 15.2 Å². The first-order valence-electron chi connectivity index (χ1n) is 3.88. The predicted molar refractivity (Wildman–Crippen MR) is 44.4 cm³/mol. The Kier molecular flexibility index (Phi) is 3.19. The summed E-state index contributed by atoms with van der Waals surface area (Å²) >= 11 is 0. The van der Waals surface area contributed by atoms with Gasteiger partial charge in [-0.3, -0.25) is 0 Å². The number of aromatic nitrogens is 2. The summed E-state index contributed by atoms with van der Waals surface area (Å²) in [4.78, 5) is 6.12. The fourth-order valence-corrected chi connectivity index (χ4v) is 0.862. The highest BCUT2D eigenvalue weighted by Crippen LogP contribution is 1.98. The summed E-state index contributed by atoms with van der Waals surface area (Å²) in [6, 6.07) is 0. The lowest BCUT2D eigenvalue weighted by Crippen LogP contribution is -2.12. The Hall–Kier alpha value is -0.940. The smallest absolute Gasteiger partial charge is 0.227 e. The molecular weight excluding hydrogens is 156 g/mol. The summed E-state index contributed by atoms with van der Waals surface area (Å²) in [7, 11) is 3.91. The molecule has 0 aliphatic rings. The molecule has 68 valence electrons. The highest BCUT2D eigenvalue weighted by molar-refractivity contribution is 4.86. The summed E-state index contributed by atoms with van der Waals surface area (Å²) in [5.74, 6) is 1.33. The second-order valence-electron chi connectivity index (χ2n) is 2.88. The van der Waals surface area contributed by atoms with E-state index in [4.69, 9.17) is 10.3 Å². The van der Waals surface area contributed by atoms with Crippen molar-refractivity contribution in [1.29, 1.82) is 0 Å². The van der Waals surface area contributed by atoms with E-state index >= 15 is 0 Å². The first-order chi connectivity index (χ1) is 5.72. The van der Waals surface area contributed by atoms with Crippen molar-refractivity contribution in [2.45, 2.75) is 13.0 Å². The van der Waals surface area contributed by atoms with Crippen molar-refractivity contribution in [2.75, 3.05) is 20.6 Å². The Balaban J connectivity index is 2.52. The Morgan fingerprint density at radius 3 is 2.83 bits per heavy atom. The van der Waals surface area contributed by atoms with Gasteiger partial charge in [-0.1, -0.05) is 5.16 Å². The summed E-state index contributed by atoms with van der Waals surface area (Å²) < 4.78 is 4.94. The van der Waals surface area contributed by atoms with Gasteiger partial charge in [-0.05, 0) is 14.1 Å². The third-order valence-electron chi connectivity index (χ3n) is 1.33. The minimum Gasteiger partial charge on any atom is -0.339 e. The van der Waals surface area contributed by atoms with E-state index in [2.05, 4.69) is 10.1 Å². The molecule has 1 heterocycles. The van der Waals surface area contributed by atoms with Crippen LogP contribution in [0.15, 0.2) is 4.52 Å². The van der Waals surface area contributed by atoms with Gasteiger partial charge in [-0.2, -0.15) is 4.98 Å². The van der Waals surface area contributed by atoms with Crippen LogP contribution in [0.3, 0.4) is 0 Å². The molecule has 0 amide bonds. The number of hydrogen-bond donors (Lipinski definition) is 1. The summed E-state index contributed by atoms with van der Waals surface area (Å²) in [5, 5.41) is 3.79. The quantitative estimate of drug-likeness (QED) is 0.668. The van der Waals surface area contributed by atoms with Crippen molar-refractivity contribution >= 4 is 0 Å². The number of nitrogens with zero attached hydrogens (tertiary/aromatic N) is 3. The van der Waals surface area contributed by atoms with Crippen LogP contribution in [-0.2, 0) is 13.0 Å². The molecule has 0 radical (unpaired) electrons. The molecule has 0 unspecified atom stereocenters. The van der Waals surface area contributed by atoms with Gasteiger partial charge in [0.15, 0.2) is 5.82 Å². The second kappa shape index (κ2) is 4.18. The van der Waals surface area contributed by atoms with Gasteiger partial charge in [0.05, 0.1) is 6.54 Å². The van der Waals surface area contributed by atoms with Crippen LogP contribution in [0.5, 0.6) is 0 Å². The third kappa shape index (κ3) is 2.60. The maximum Gasteiger partial charge on any atom is 0.227 e. The van der Waals surface area contributed by atoms with Crippen LogP contribution in [0.2, 0.25) is 0 Å². The van der Waals surface area contributed by atoms with Gasteiger partial charge >= 0.3 is 0 Å². The maximum absolute atomic E-state index is 5.33. The van der Waals surface area contributed by atoms with Crippen LogP contribution in [-0.4, -0.2) is 35.7 Å². The molecule has 0 atom stereocenters. The molecule has 0 saturated heterocycles. The summed E-state index contributed by atoms with van der Waals surface area (Å²) in [6.07, 6.45) is 0.653. The summed E-state index contributed by atoms with van der Waals surface area (Å²) in [5.41, 5.74) is 5.33. The van der Waals surface area contributed by atoms with Gasteiger partial charge in [-0.25, -0.2) is 0 Å². The van der Waals surface area contributed by atoms with Crippen molar-refractivity contribution in [3.63, 3.8) is 0 Å². The average molecular weight is 170 g/mol. The lowest BCUT2D eigenvalue weighted by Gasteiger charge is -2.03. The van der Waals surface area contributed by atoms with Crippen LogP contribution in [0, 0.1) is 0 Å². The third-order valence-corrected chi connectivity index (χ3v) is 1.33. The van der Waals surface area contributed by atoms with Crippen molar-refractivity contribution in [3.8, 4) is 0 Å². The van der Waals surface area contributed by atoms with Gasteiger partial charge in [0.2, 0.25) is 5.89 Å². The standard InChI is InChI=1S/C7H14N4O/c1-11(2)5-6-9-7(3-4-8)12-10-6/h3-5,8H2,1-2H3. The van der Waals surface area contributed by atoms with E-state index in [1.54, 1.807) is 0 Å². The molecule has 0 aliphatic carbocycles. The lowest BCUT2D eigenvalue weighted by molar-refractivity contribution is 0.349. The number of nitrogens with two attached hydrogens (primary N) is 1. The minimum atomic E-state index is 0.545. The minimum absolute atomic E-state index is 0.545. The molecule has 5 heteroatoms. The highest BCUT2D eigenvalue weighted by Gasteiger charge is 2.05. The van der Waals surface area contributed by atoms with E-state index in [0.717, 1.165) is 0 Å². The number of hydrogen-bond acceptors (Lipinski definition) is 5. The van der Waals surface area contributed by atoms with E-state index in [1.165, 1.54) is 0 Å². The van der Waals surface area contributed by atoms with E-state index in [1.807, 2.05) is 19.0 Å². The zero-order chi connectivity index (χ0) is 8.97. The Morgan fingerprint density at radius 2 is 2.25 bits per heavy atom. The van der Waals surface area contributed by atoms with Crippen molar-refractivity contribution in [1.82, 2.24) is 15.0 Å². The summed E-state index contributed by atoms with van der Waals surface area (Å²) in [6.45, 7) is 1.25. The van der Waals surface area contributed by atoms with Crippen molar-refractivity contribution < 1.29 is 4.52 Å². The molecule has 0 bridgehead atoms. The maximum atomic E-state index is 5.33. The van der Waals surface area contributed by atoms with Gasteiger partial charge in [0.25, 0.3) is 0 Å². The molecule has 5 nitrogen and oxygen atoms in total. The molecular formula is C7H14N4O. The molecule has 0 spiro atoms. The largest absolute Gasteiger partial charge is 0.339 e. The molecule has 1 aromatic heterocycles. The van der Waals surface area contributed by atoms with E-state index in [0.29, 0.717) is 31.2 Å². The molecule has 0 aromatic carbocycles. The molecule has 0 fully saturated rings. The lowest BCUT2D eigenvalue weighted by atomic mass is 10.4. The topological polar surface area (TPSA) is 68.2 Å². The van der Waals surface area contributed by atoms with E-state index < -0.39 is 0 Å². The van der Waals surface area contributed by atoms with Crippen LogP contribution in [0.1, 0.15) is 11.7 Å². The van der Waals surface area contributed by atoms with Crippen molar-refractivity contribution in [2.24, 2.45) is 5.73 Å². The normalized spacial score (nSPS) is 11.0. The molecule has 1 aromatic rings. The second-order valence-corrected chi connectivity index (χ2v) is 2.88. The zero-order valence-electron chi connectivity index (χ0n) is 7.45. The van der Waals surface area contributed by atoms with Crippen LogP contribution in [0.25, 0.3) is 0 Å². The van der Waals surface area contributed by atoms with E-state index in [9.17, 15) is 0 Å². The molecule has 12 heavy (non-hydrogen) atoms. The molecule has 1 rings (SSSR count). The van der Waals surface area contributed by atoms with E-state index in [-0.39, 0.29) is 0 Å². The van der Waals surface area contributed by atoms with Gasteiger partial charge in [0.1, 0.15) is 0 Å². The molecule has 0 saturated carbocycles. The SMILES string of the molecule is CN(C)Cc1noc(CCN)n1. The fourth-order valence-electron chi connectivity index (χ4n) is 0.862. The first kappa shape index (κ1) is 9.15. The molecule has 2 N–H and O–H groups in total. The zero-order valence-corrected chi connectivity index (χ0v) is 7.45. The van der Waals surface area contributed by atoms with Gasteiger partial charge in [0, 0.05) is 13.0 Å². The van der Waals surface area contributed by atoms with Crippen molar-refractivity contribution in [3.05, 3.63) is 11.7 Å². The predicted octanol–water partition coefficient (Wildman–Crippen LogP) is -0.368. The van der Waals surface area contributed by atoms with Crippen LogP contribution >= 0.6 is 0 Å². The first-order valence-corrected chi connectivity index (χ1v) is 3.88. The van der Waals surface area contributed by atoms with Crippen LogP contribution < -0.4 is 5.73 Å². The Labute approximate surface area is 71.5 Å².